The van der Waals surface area contributed by atoms with Crippen molar-refractivity contribution in [3.05, 3.63) is 41.5 Å². The van der Waals surface area contributed by atoms with Crippen LogP contribution >= 0.6 is 0 Å². The predicted molar refractivity (Wildman–Crippen MR) is 79.0 cm³/mol. The number of carbonyl (C=O) groups excluding carboxylic acids is 1. The number of aromatic hydroxyl groups is 3. The second-order valence-electron chi connectivity index (χ2n) is 4.62. The summed E-state index contributed by atoms with van der Waals surface area (Å²) in [5, 5.41) is 28.5. The molecule has 3 N–H and O–H groups in total. The van der Waals surface area contributed by atoms with Crippen molar-refractivity contribution in [3.8, 4) is 28.7 Å². The largest absolute Gasteiger partial charge is 0.504 e. The Morgan fingerprint density at radius 3 is 2.27 bits per heavy atom. The van der Waals surface area contributed by atoms with Crippen LogP contribution in [0.15, 0.2) is 30.3 Å². The first-order valence-corrected chi connectivity index (χ1v) is 6.46. The van der Waals surface area contributed by atoms with Gasteiger partial charge in [-0.15, -0.1) is 0 Å². The first-order valence-electron chi connectivity index (χ1n) is 6.46. The molecule has 0 spiro atoms. The molecule has 0 unspecified atom stereocenters. The molecule has 6 nitrogen and oxygen atoms in total. The maximum atomic E-state index is 12.2. The van der Waals surface area contributed by atoms with Crippen LogP contribution in [0.4, 0.5) is 0 Å². The van der Waals surface area contributed by atoms with Crippen molar-refractivity contribution in [2.24, 2.45) is 0 Å². The van der Waals surface area contributed by atoms with E-state index < -0.39 is 23.0 Å². The quantitative estimate of drug-likeness (QED) is 0.579. The van der Waals surface area contributed by atoms with Gasteiger partial charge in [-0.05, 0) is 29.8 Å². The Labute approximate surface area is 127 Å². The third kappa shape index (κ3) is 2.90. The van der Waals surface area contributed by atoms with Crippen molar-refractivity contribution in [1.82, 2.24) is 0 Å². The number of phenols is 3. The van der Waals surface area contributed by atoms with Gasteiger partial charge in [0.15, 0.2) is 28.8 Å². The molecular formula is C16H16O6. The zero-order valence-corrected chi connectivity index (χ0v) is 12.2. The van der Waals surface area contributed by atoms with Crippen LogP contribution in [0, 0.1) is 0 Å². The van der Waals surface area contributed by atoms with Gasteiger partial charge in [0.1, 0.15) is 0 Å². The third-order valence-corrected chi connectivity index (χ3v) is 3.24. The lowest BCUT2D eigenvalue weighted by Gasteiger charge is -2.10. The van der Waals surface area contributed by atoms with E-state index in [2.05, 4.69) is 0 Å². The maximum absolute atomic E-state index is 12.2. The number of methoxy groups -OCH3 is 2. The minimum absolute atomic E-state index is 0.00186. The lowest BCUT2D eigenvalue weighted by molar-refractivity contribution is 0.0989. The number of phenolic OH excluding ortho intramolecular Hbond substituents is 3. The van der Waals surface area contributed by atoms with Crippen LogP contribution in [0.25, 0.3) is 0 Å². The van der Waals surface area contributed by atoms with E-state index >= 15 is 0 Å². The number of hydrogen-bond donors (Lipinski definition) is 3. The molecule has 0 heterocycles. The maximum Gasteiger partial charge on any atom is 0.201 e. The van der Waals surface area contributed by atoms with Crippen molar-refractivity contribution in [2.75, 3.05) is 14.2 Å². The van der Waals surface area contributed by atoms with E-state index in [0.717, 1.165) is 6.07 Å². The van der Waals surface area contributed by atoms with Gasteiger partial charge in [-0.3, -0.25) is 4.79 Å². The zero-order chi connectivity index (χ0) is 16.3. The average Bonchev–Trinajstić information content (AvgIpc) is 2.52. The molecule has 0 amide bonds. The number of carbonyl (C=O) groups is 1. The molecule has 0 saturated heterocycles. The molecule has 22 heavy (non-hydrogen) atoms. The minimum atomic E-state index is -0.710. The van der Waals surface area contributed by atoms with Gasteiger partial charge in [-0.25, -0.2) is 0 Å². The average molecular weight is 304 g/mol. The fraction of sp³-hybridized carbons (Fsp3) is 0.188. The summed E-state index contributed by atoms with van der Waals surface area (Å²) in [5.74, 6) is -1.20. The van der Waals surface area contributed by atoms with Crippen LogP contribution in [-0.2, 0) is 6.42 Å². The Morgan fingerprint density at radius 2 is 1.64 bits per heavy atom. The van der Waals surface area contributed by atoms with Crippen molar-refractivity contribution >= 4 is 5.78 Å². The number of hydrogen-bond acceptors (Lipinski definition) is 6. The molecule has 116 valence electrons. The van der Waals surface area contributed by atoms with Gasteiger partial charge in [-0.2, -0.15) is 0 Å². The van der Waals surface area contributed by atoms with Crippen LogP contribution < -0.4 is 9.47 Å². The Balaban J connectivity index is 2.28. The van der Waals surface area contributed by atoms with Gasteiger partial charge in [-0.1, -0.05) is 6.07 Å². The summed E-state index contributed by atoms with van der Waals surface area (Å²) < 4.78 is 10.3. The lowest BCUT2D eigenvalue weighted by atomic mass is 10.0. The van der Waals surface area contributed by atoms with Crippen LogP contribution in [0.5, 0.6) is 28.7 Å². The van der Waals surface area contributed by atoms with E-state index in [4.69, 9.17) is 9.47 Å². The molecule has 0 aromatic heterocycles. The second-order valence-corrected chi connectivity index (χ2v) is 4.62. The minimum Gasteiger partial charge on any atom is -0.504 e. The van der Waals surface area contributed by atoms with Gasteiger partial charge >= 0.3 is 0 Å². The van der Waals surface area contributed by atoms with Gasteiger partial charge in [0.25, 0.3) is 0 Å². The van der Waals surface area contributed by atoms with E-state index in [1.54, 1.807) is 18.2 Å². The molecule has 0 fully saturated rings. The zero-order valence-electron chi connectivity index (χ0n) is 12.2. The van der Waals surface area contributed by atoms with Gasteiger partial charge in [0, 0.05) is 6.42 Å². The highest BCUT2D eigenvalue weighted by atomic mass is 16.5. The Morgan fingerprint density at radius 1 is 0.955 bits per heavy atom. The molecule has 0 aliphatic carbocycles. The van der Waals surface area contributed by atoms with Crippen molar-refractivity contribution in [1.29, 1.82) is 0 Å². The SMILES string of the molecule is COc1ccc(CC(=O)c2ccc(O)c(O)c2O)cc1OC. The summed E-state index contributed by atoms with van der Waals surface area (Å²) in [6.07, 6.45) is -0.00186. The molecule has 0 radical (unpaired) electrons. The molecule has 0 bridgehead atoms. The summed E-state index contributed by atoms with van der Waals surface area (Å²) in [7, 11) is 3.01. The topological polar surface area (TPSA) is 96.2 Å². The van der Waals surface area contributed by atoms with Crippen LogP contribution in [0.1, 0.15) is 15.9 Å². The van der Waals surface area contributed by atoms with E-state index in [1.807, 2.05) is 0 Å². The number of rotatable bonds is 5. The molecule has 2 aromatic rings. The lowest BCUT2D eigenvalue weighted by Crippen LogP contribution is -2.04. The van der Waals surface area contributed by atoms with E-state index in [0.29, 0.717) is 17.1 Å². The predicted octanol–water partition coefficient (Wildman–Crippen LogP) is 2.25. The van der Waals surface area contributed by atoms with E-state index in [-0.39, 0.29) is 12.0 Å². The monoisotopic (exact) mass is 304 g/mol. The van der Waals surface area contributed by atoms with Gasteiger partial charge in [0.2, 0.25) is 5.75 Å². The van der Waals surface area contributed by atoms with Crippen molar-refractivity contribution in [3.63, 3.8) is 0 Å². The second kappa shape index (κ2) is 6.26. The van der Waals surface area contributed by atoms with Crippen molar-refractivity contribution in [2.45, 2.75) is 6.42 Å². The summed E-state index contributed by atoms with van der Waals surface area (Å²) in [6, 6.07) is 7.45. The first-order chi connectivity index (χ1) is 10.5. The van der Waals surface area contributed by atoms with E-state index in [9.17, 15) is 20.1 Å². The van der Waals surface area contributed by atoms with Crippen LogP contribution in [0.3, 0.4) is 0 Å². The molecule has 0 aliphatic heterocycles. The number of Topliss-reactive ketones (excluding diaryl/α,β-unsaturated/α-hetero) is 1. The number of ether oxygens (including phenoxy) is 2. The summed E-state index contributed by atoms with van der Waals surface area (Å²) in [5.41, 5.74) is 0.597. The summed E-state index contributed by atoms with van der Waals surface area (Å²) in [4.78, 5) is 12.2. The molecule has 0 saturated carbocycles. The normalized spacial score (nSPS) is 10.3. The highest BCUT2D eigenvalue weighted by Crippen LogP contribution is 2.37. The van der Waals surface area contributed by atoms with Crippen LogP contribution in [0.2, 0.25) is 0 Å². The highest BCUT2D eigenvalue weighted by molar-refractivity contribution is 6.01. The van der Waals surface area contributed by atoms with E-state index in [1.165, 1.54) is 20.3 Å². The standard InChI is InChI=1S/C16H16O6/c1-21-13-6-3-9(8-14(13)22-2)7-12(18)10-4-5-11(17)16(20)15(10)19/h3-6,8,17,19-20H,7H2,1-2H3. The molecular weight excluding hydrogens is 288 g/mol. The third-order valence-electron chi connectivity index (χ3n) is 3.24. The Bertz CT molecular complexity index is 708. The Hall–Kier alpha value is -2.89. The molecule has 2 aromatic carbocycles. The smallest absolute Gasteiger partial charge is 0.201 e. The van der Waals surface area contributed by atoms with Gasteiger partial charge in [0.05, 0.1) is 19.8 Å². The summed E-state index contributed by atoms with van der Waals surface area (Å²) >= 11 is 0. The molecule has 0 atom stereocenters. The first kappa shape index (κ1) is 15.5. The Kier molecular flexibility index (Phi) is 4.41. The number of benzene rings is 2. The van der Waals surface area contributed by atoms with Crippen LogP contribution in [-0.4, -0.2) is 35.3 Å². The molecule has 0 aliphatic rings. The fourth-order valence-electron chi connectivity index (χ4n) is 2.07. The molecule has 6 heteroatoms. The van der Waals surface area contributed by atoms with Crippen molar-refractivity contribution < 1.29 is 29.6 Å². The molecule has 2 rings (SSSR count). The van der Waals surface area contributed by atoms with Gasteiger partial charge < -0.3 is 24.8 Å². The summed E-state index contributed by atoms with van der Waals surface area (Å²) in [6.45, 7) is 0. The fourth-order valence-corrected chi connectivity index (χ4v) is 2.07. The highest BCUT2D eigenvalue weighted by Gasteiger charge is 2.18. The number of ketones is 1.